The van der Waals surface area contributed by atoms with Gasteiger partial charge in [0, 0.05) is 12.1 Å². The molecular formula is C24H41ClN2O3. The van der Waals surface area contributed by atoms with Crippen molar-refractivity contribution in [2.24, 2.45) is 0 Å². The second-order valence-electron chi connectivity index (χ2n) is 7.90. The van der Waals surface area contributed by atoms with Gasteiger partial charge >= 0.3 is 5.97 Å². The Kier molecular flexibility index (Phi) is 18.3. The summed E-state index contributed by atoms with van der Waals surface area (Å²) in [5, 5.41) is 17.9. The van der Waals surface area contributed by atoms with Gasteiger partial charge in [-0.15, -0.1) is 12.4 Å². The highest BCUT2D eigenvalue weighted by Crippen LogP contribution is 2.12. The van der Waals surface area contributed by atoms with Gasteiger partial charge in [-0.2, -0.15) is 4.57 Å². The van der Waals surface area contributed by atoms with E-state index in [4.69, 9.17) is 10.1 Å². The van der Waals surface area contributed by atoms with Gasteiger partial charge in [0.25, 0.3) is 0 Å². The minimum Gasteiger partial charge on any atom is -0.859 e. The van der Waals surface area contributed by atoms with Crippen LogP contribution in [-0.2, 0) is 16.1 Å². The largest absolute Gasteiger partial charge is 0.859 e. The number of halogens is 1. The standard InChI is InChI=1S/C24H40N2O3.ClH/c1-2-3-4-5-6-7-8-9-10-11-12-13-14-15-20-29-23(27)21-26-18-16-22(17-19-26)24(25)28;/h16-19H,2-15,20-21H2,1H3,(H-,25,28);1H. The van der Waals surface area contributed by atoms with Crippen molar-refractivity contribution in [1.82, 2.24) is 0 Å². The number of carbonyl (C=O) groups excluding carboxylic acids is 1. The van der Waals surface area contributed by atoms with Crippen molar-refractivity contribution in [3.8, 4) is 0 Å². The Bertz CT molecular complexity index is 564. The van der Waals surface area contributed by atoms with Crippen LogP contribution in [0.3, 0.4) is 0 Å². The van der Waals surface area contributed by atoms with Crippen LogP contribution < -0.4 is 9.67 Å². The number of nitrogens with zero attached hydrogens (tertiary/aromatic N) is 1. The Hall–Kier alpha value is -1.62. The van der Waals surface area contributed by atoms with E-state index in [9.17, 15) is 9.90 Å². The molecule has 30 heavy (non-hydrogen) atoms. The molecule has 0 spiro atoms. The van der Waals surface area contributed by atoms with Crippen LogP contribution in [0, 0.1) is 5.41 Å². The molecular weight excluding hydrogens is 400 g/mol. The van der Waals surface area contributed by atoms with E-state index in [-0.39, 0.29) is 24.9 Å². The number of hydrogen-bond acceptors (Lipinski definition) is 4. The third-order valence-electron chi connectivity index (χ3n) is 5.23. The summed E-state index contributed by atoms with van der Waals surface area (Å²) in [6.07, 6.45) is 21.6. The Morgan fingerprint density at radius 2 is 1.30 bits per heavy atom. The van der Waals surface area contributed by atoms with Gasteiger partial charge in [0.1, 0.15) is 0 Å². The Morgan fingerprint density at radius 3 is 1.73 bits per heavy atom. The molecule has 1 rings (SSSR count). The van der Waals surface area contributed by atoms with Crippen LogP contribution in [0.25, 0.3) is 0 Å². The summed E-state index contributed by atoms with van der Waals surface area (Å²) in [6.45, 7) is 2.87. The molecule has 1 N–H and O–H groups in total. The van der Waals surface area contributed by atoms with E-state index in [1.807, 2.05) is 0 Å². The molecule has 172 valence electrons. The summed E-state index contributed by atoms with van der Waals surface area (Å²) in [6, 6.07) is 3.08. The molecule has 0 atom stereocenters. The number of nitrogens with one attached hydrogen (secondary N) is 1. The SMILES string of the molecule is CCCCCCCCCCCCCCCCOC(=O)C[n+]1ccc(C(=N)[O-])cc1.Cl. The van der Waals surface area contributed by atoms with Crippen molar-refractivity contribution in [3.63, 3.8) is 0 Å². The third kappa shape index (κ3) is 15.3. The lowest BCUT2D eigenvalue weighted by molar-refractivity contribution is -0.686. The zero-order chi connectivity index (χ0) is 21.2. The van der Waals surface area contributed by atoms with Gasteiger partial charge in [-0.25, -0.2) is 4.79 Å². The monoisotopic (exact) mass is 440 g/mol. The van der Waals surface area contributed by atoms with Crippen molar-refractivity contribution in [1.29, 1.82) is 5.41 Å². The lowest BCUT2D eigenvalue weighted by atomic mass is 10.0. The van der Waals surface area contributed by atoms with Crippen LogP contribution in [0.5, 0.6) is 0 Å². The number of ether oxygens (including phenoxy) is 1. The van der Waals surface area contributed by atoms with E-state index in [1.165, 1.54) is 89.2 Å². The molecule has 0 unspecified atom stereocenters. The molecule has 1 aromatic heterocycles. The van der Waals surface area contributed by atoms with Crippen LogP contribution in [0.15, 0.2) is 24.5 Å². The zero-order valence-corrected chi connectivity index (χ0v) is 19.5. The first-order valence-electron chi connectivity index (χ1n) is 11.5. The predicted octanol–water partition coefficient (Wildman–Crippen LogP) is 5.11. The van der Waals surface area contributed by atoms with E-state index in [0.717, 1.165) is 12.8 Å². The van der Waals surface area contributed by atoms with E-state index in [0.29, 0.717) is 12.2 Å². The van der Waals surface area contributed by atoms with Gasteiger partial charge in [0.15, 0.2) is 12.4 Å². The topological polar surface area (TPSA) is 77.1 Å². The fourth-order valence-corrected chi connectivity index (χ4v) is 3.39. The first-order valence-corrected chi connectivity index (χ1v) is 11.5. The molecule has 0 saturated carbocycles. The van der Waals surface area contributed by atoms with Crippen molar-refractivity contribution in [3.05, 3.63) is 30.1 Å². The summed E-state index contributed by atoms with van der Waals surface area (Å²) in [5.74, 6) is -0.993. The summed E-state index contributed by atoms with van der Waals surface area (Å²) in [4.78, 5) is 11.8. The average molecular weight is 441 g/mol. The normalized spacial score (nSPS) is 10.4. The van der Waals surface area contributed by atoms with Gasteiger partial charge in [0.2, 0.25) is 6.54 Å². The number of unbranched alkanes of at least 4 members (excludes halogenated alkanes) is 13. The first-order chi connectivity index (χ1) is 14.1. The summed E-state index contributed by atoms with van der Waals surface area (Å²) < 4.78 is 6.92. The molecule has 5 nitrogen and oxygen atoms in total. The van der Waals surface area contributed by atoms with Gasteiger partial charge < -0.3 is 15.3 Å². The molecule has 6 heteroatoms. The maximum atomic E-state index is 11.8. The van der Waals surface area contributed by atoms with E-state index < -0.39 is 5.90 Å². The van der Waals surface area contributed by atoms with Gasteiger partial charge in [-0.1, -0.05) is 90.4 Å². The zero-order valence-electron chi connectivity index (χ0n) is 18.7. The van der Waals surface area contributed by atoms with Crippen molar-refractivity contribution in [2.45, 2.75) is 103 Å². The number of esters is 1. The quantitative estimate of drug-likeness (QED) is 0.113. The van der Waals surface area contributed by atoms with E-state index >= 15 is 0 Å². The van der Waals surface area contributed by atoms with Gasteiger partial charge in [-0.05, 0) is 17.9 Å². The number of aromatic nitrogens is 1. The van der Waals surface area contributed by atoms with Gasteiger partial charge in [0.05, 0.1) is 6.61 Å². The Balaban J connectivity index is 0.00000841. The minimum absolute atomic E-state index is 0. The molecule has 0 aromatic carbocycles. The predicted molar refractivity (Wildman–Crippen MR) is 122 cm³/mol. The highest BCUT2D eigenvalue weighted by atomic mass is 35.5. The number of rotatable bonds is 18. The molecule has 0 aliphatic carbocycles. The maximum Gasteiger partial charge on any atom is 0.372 e. The van der Waals surface area contributed by atoms with Crippen LogP contribution in [0.2, 0.25) is 0 Å². The molecule has 0 aliphatic heterocycles. The van der Waals surface area contributed by atoms with Crippen molar-refractivity contribution >= 4 is 24.3 Å². The summed E-state index contributed by atoms with van der Waals surface area (Å²) in [5.41, 5.74) is 0.317. The highest BCUT2D eigenvalue weighted by Gasteiger charge is 2.10. The first kappa shape index (κ1) is 28.4. The fourth-order valence-electron chi connectivity index (χ4n) is 3.39. The second kappa shape index (κ2) is 19.3. The van der Waals surface area contributed by atoms with Crippen LogP contribution in [0.4, 0.5) is 0 Å². The fraction of sp³-hybridized carbons (Fsp3) is 0.708. The summed E-state index contributed by atoms with van der Waals surface area (Å²) >= 11 is 0. The molecule has 1 aromatic rings. The number of hydrogen-bond donors (Lipinski definition) is 1. The average Bonchev–Trinajstić information content (AvgIpc) is 2.71. The lowest BCUT2D eigenvalue weighted by Gasteiger charge is -2.06. The lowest BCUT2D eigenvalue weighted by Crippen LogP contribution is -2.38. The van der Waals surface area contributed by atoms with E-state index in [2.05, 4.69) is 6.92 Å². The van der Waals surface area contributed by atoms with E-state index in [1.54, 1.807) is 17.0 Å². The van der Waals surface area contributed by atoms with Gasteiger partial charge in [-0.3, -0.25) is 0 Å². The molecule has 0 saturated heterocycles. The van der Waals surface area contributed by atoms with Crippen molar-refractivity contribution in [2.75, 3.05) is 6.61 Å². The highest BCUT2D eigenvalue weighted by molar-refractivity contribution is 5.87. The molecule has 0 fully saturated rings. The smallest absolute Gasteiger partial charge is 0.372 e. The Morgan fingerprint density at radius 1 is 0.867 bits per heavy atom. The second-order valence-corrected chi connectivity index (χ2v) is 7.90. The molecule has 0 amide bonds. The van der Waals surface area contributed by atoms with Crippen LogP contribution in [-0.4, -0.2) is 18.5 Å². The molecule has 0 aliphatic rings. The third-order valence-corrected chi connectivity index (χ3v) is 5.23. The summed E-state index contributed by atoms with van der Waals surface area (Å²) in [7, 11) is 0. The number of carbonyl (C=O) groups is 1. The molecule has 1 heterocycles. The molecule has 0 radical (unpaired) electrons. The van der Waals surface area contributed by atoms with Crippen LogP contribution >= 0.6 is 12.4 Å². The minimum atomic E-state index is -0.725. The number of pyridine rings is 1. The Labute approximate surface area is 189 Å². The molecule has 0 bridgehead atoms. The van der Waals surface area contributed by atoms with Crippen molar-refractivity contribution < 1.29 is 19.2 Å². The maximum absolute atomic E-state index is 11.8. The van der Waals surface area contributed by atoms with Crippen LogP contribution in [0.1, 0.15) is 102 Å².